The minimum atomic E-state index is -3.34. The number of pyridine rings is 1. The molecule has 0 unspecified atom stereocenters. The molecule has 3 aliphatic rings. The van der Waals surface area contributed by atoms with Crippen molar-refractivity contribution < 1.29 is 26.4 Å². The predicted octanol–water partition coefficient (Wildman–Crippen LogP) is 4.42. The largest absolute Gasteiger partial charge is 0.361 e. The van der Waals surface area contributed by atoms with Crippen molar-refractivity contribution in [2.24, 2.45) is 0 Å². The molecule has 0 saturated carbocycles. The molecule has 3 aromatic heterocycles. The second-order valence-corrected chi connectivity index (χ2v) is 25.2. The van der Waals surface area contributed by atoms with Crippen molar-refractivity contribution in [2.45, 2.75) is 57.8 Å². The Hall–Kier alpha value is -4.00. The molecule has 1 N–H and O–H groups in total. The molecule has 0 bridgehead atoms. The number of hydrogen-bond donors (Lipinski definition) is 1. The normalized spacial score (nSPS) is 20.4. The summed E-state index contributed by atoms with van der Waals surface area (Å²) in [4.78, 5) is 31.2. The number of carbonyl (C=O) groups is 1. The van der Waals surface area contributed by atoms with Gasteiger partial charge in [0.05, 0.1) is 22.6 Å². The van der Waals surface area contributed by atoms with Gasteiger partial charge in [0.1, 0.15) is 30.2 Å². The zero-order chi connectivity index (χ0) is 38.1. The lowest BCUT2D eigenvalue weighted by molar-refractivity contribution is 0.0909. The van der Waals surface area contributed by atoms with Gasteiger partial charge in [0.25, 0.3) is 5.91 Å². The third kappa shape index (κ3) is 8.92. The highest BCUT2D eigenvalue weighted by molar-refractivity contribution is 7.92. The number of amides is 1. The topological polar surface area (TPSA) is 160 Å². The molecule has 7 rings (SSSR count). The highest BCUT2D eigenvalue weighted by Gasteiger charge is 2.34. The van der Waals surface area contributed by atoms with Crippen LogP contribution in [0.5, 0.6) is 0 Å². The van der Waals surface area contributed by atoms with Crippen LogP contribution in [0, 0.1) is 0 Å². The molecule has 1 amide bonds. The standard InChI is InChI=1S/C37H48N8O6S2Si/c1-54(2,3)21-17-51-27-44-34(23-32-35(39-26-40-36(32)44)43-15-19-52(47,48)20-16-43)29-7-9-30(10-8-29)41-37(46)33-22-28(11-12-38-33)24-42-13-4-6-31(25-42)45-14-5-18-53(45,49)50/h5,7-12,18,22-23,26,31H,4,6,13-17,19-21,24-25,27H2,1-3H3,(H,41,46)/t31-/m1/s1. The number of benzene rings is 1. The van der Waals surface area contributed by atoms with Crippen LogP contribution >= 0.6 is 0 Å². The molecule has 1 atom stereocenters. The molecule has 6 heterocycles. The maximum atomic E-state index is 13.4. The van der Waals surface area contributed by atoms with E-state index in [4.69, 9.17) is 4.74 Å². The van der Waals surface area contributed by atoms with Crippen molar-refractivity contribution in [2.75, 3.05) is 61.1 Å². The number of sulfonamides is 1. The van der Waals surface area contributed by atoms with Crippen LogP contribution in [0.4, 0.5) is 11.5 Å². The summed E-state index contributed by atoms with van der Waals surface area (Å²) in [6, 6.07) is 14.2. The van der Waals surface area contributed by atoms with Crippen molar-refractivity contribution in [1.29, 1.82) is 0 Å². The second kappa shape index (κ2) is 15.6. The van der Waals surface area contributed by atoms with E-state index >= 15 is 0 Å². The third-order valence-electron chi connectivity index (χ3n) is 10.2. The van der Waals surface area contributed by atoms with Gasteiger partial charge in [0, 0.05) is 70.7 Å². The van der Waals surface area contributed by atoms with Gasteiger partial charge >= 0.3 is 0 Å². The lowest BCUT2D eigenvalue weighted by Crippen LogP contribution is -2.48. The highest BCUT2D eigenvalue weighted by Crippen LogP contribution is 2.33. The van der Waals surface area contributed by atoms with E-state index in [1.165, 1.54) is 11.7 Å². The molecule has 0 spiro atoms. The van der Waals surface area contributed by atoms with Crippen molar-refractivity contribution >= 4 is 56.4 Å². The molecule has 288 valence electrons. The maximum Gasteiger partial charge on any atom is 0.274 e. The van der Waals surface area contributed by atoms with Crippen molar-refractivity contribution in [3.8, 4) is 11.3 Å². The van der Waals surface area contributed by atoms with E-state index in [1.54, 1.807) is 22.6 Å². The average molecular weight is 793 g/mol. The number of hydrogen-bond acceptors (Lipinski definition) is 11. The average Bonchev–Trinajstić information content (AvgIpc) is 3.69. The molecule has 0 radical (unpaired) electrons. The zero-order valence-electron chi connectivity index (χ0n) is 31.0. The number of sulfone groups is 1. The molecule has 2 fully saturated rings. The summed E-state index contributed by atoms with van der Waals surface area (Å²) in [5, 5.41) is 5.09. The van der Waals surface area contributed by atoms with Crippen LogP contribution in [0.2, 0.25) is 25.7 Å². The number of nitrogens with zero attached hydrogens (tertiary/aromatic N) is 7. The van der Waals surface area contributed by atoms with Gasteiger partial charge in [-0.3, -0.25) is 14.7 Å². The van der Waals surface area contributed by atoms with Gasteiger partial charge in [-0.05, 0) is 66.9 Å². The summed E-state index contributed by atoms with van der Waals surface area (Å²) in [6.45, 7) is 11.1. The van der Waals surface area contributed by atoms with Crippen LogP contribution in [-0.4, -0.2) is 116 Å². The SMILES string of the molecule is C[Si](C)(C)CCOCn1c(-c2ccc(NC(=O)c3cc(CN4CCC[C@@H](N5CC=CS5(=O)=O)C4)ccn3)cc2)cc2c(N3CCS(=O)(=O)CC3)ncnc21. The van der Waals surface area contributed by atoms with Crippen molar-refractivity contribution in [3.05, 3.63) is 77.7 Å². The Bertz CT molecular complexity index is 2240. The highest BCUT2D eigenvalue weighted by atomic mass is 32.2. The Labute approximate surface area is 318 Å². The third-order valence-corrected chi connectivity index (χ3v) is 15.2. The summed E-state index contributed by atoms with van der Waals surface area (Å²) in [5.74, 6) is 0.544. The number of carbonyl (C=O) groups excluding carboxylic acids is 1. The van der Waals surface area contributed by atoms with E-state index in [-0.39, 0.29) is 23.5 Å². The maximum absolute atomic E-state index is 13.4. The Morgan fingerprint density at radius 2 is 1.76 bits per heavy atom. The minimum Gasteiger partial charge on any atom is -0.361 e. The first-order chi connectivity index (χ1) is 25.7. The summed E-state index contributed by atoms with van der Waals surface area (Å²) in [7, 11) is -7.71. The molecular weight excluding hydrogens is 745 g/mol. The Kier molecular flexibility index (Phi) is 11.1. The number of anilines is 2. The number of fused-ring (bicyclic) bond motifs is 1. The first kappa shape index (κ1) is 38.3. The number of rotatable bonds is 12. The van der Waals surface area contributed by atoms with E-state index in [9.17, 15) is 21.6 Å². The minimum absolute atomic E-state index is 0.0687. The van der Waals surface area contributed by atoms with Gasteiger partial charge in [-0.2, -0.15) is 4.31 Å². The lowest BCUT2D eigenvalue weighted by Gasteiger charge is -2.36. The van der Waals surface area contributed by atoms with Gasteiger partial charge in [0.2, 0.25) is 10.0 Å². The molecule has 4 aromatic rings. The van der Waals surface area contributed by atoms with Crippen LogP contribution < -0.4 is 10.2 Å². The van der Waals surface area contributed by atoms with Crippen LogP contribution in [0.3, 0.4) is 0 Å². The number of likely N-dealkylation sites (tertiary alicyclic amines) is 1. The summed E-state index contributed by atoms with van der Waals surface area (Å²) < 4.78 is 59.0. The zero-order valence-corrected chi connectivity index (χ0v) is 33.7. The molecule has 0 aliphatic carbocycles. The fraction of sp³-hybridized carbons (Fsp3) is 0.459. The van der Waals surface area contributed by atoms with Gasteiger partial charge in [-0.1, -0.05) is 37.8 Å². The van der Waals surface area contributed by atoms with Crippen LogP contribution in [-0.2, 0) is 37.9 Å². The molecule has 3 aliphatic heterocycles. The summed E-state index contributed by atoms with van der Waals surface area (Å²) in [6.07, 6.45) is 6.58. The van der Waals surface area contributed by atoms with E-state index < -0.39 is 27.9 Å². The smallest absolute Gasteiger partial charge is 0.274 e. The van der Waals surface area contributed by atoms with Gasteiger partial charge in [-0.25, -0.2) is 26.8 Å². The molecule has 54 heavy (non-hydrogen) atoms. The van der Waals surface area contributed by atoms with E-state index in [1.807, 2.05) is 45.9 Å². The van der Waals surface area contributed by atoms with Gasteiger partial charge in [-0.15, -0.1) is 0 Å². The van der Waals surface area contributed by atoms with Gasteiger partial charge < -0.3 is 19.5 Å². The first-order valence-electron chi connectivity index (χ1n) is 18.4. The van der Waals surface area contributed by atoms with Crippen molar-refractivity contribution in [3.63, 3.8) is 0 Å². The lowest BCUT2D eigenvalue weighted by atomic mass is 10.0. The summed E-state index contributed by atoms with van der Waals surface area (Å²) >= 11 is 0. The number of aromatic nitrogens is 4. The first-order valence-corrected chi connectivity index (χ1v) is 25.4. The molecule has 14 nitrogen and oxygen atoms in total. The number of nitrogens with one attached hydrogen (secondary N) is 1. The quantitative estimate of drug-likeness (QED) is 0.160. The fourth-order valence-electron chi connectivity index (χ4n) is 7.22. The molecule has 17 heteroatoms. The van der Waals surface area contributed by atoms with Crippen molar-refractivity contribution in [1.82, 2.24) is 28.7 Å². The van der Waals surface area contributed by atoms with Crippen LogP contribution in [0.25, 0.3) is 22.3 Å². The Balaban J connectivity index is 1.06. The van der Waals surface area contributed by atoms with E-state index in [2.05, 4.69) is 44.8 Å². The predicted molar refractivity (Wildman–Crippen MR) is 213 cm³/mol. The second-order valence-electron chi connectivity index (χ2n) is 15.5. The van der Waals surface area contributed by atoms with E-state index in [0.29, 0.717) is 68.9 Å². The van der Waals surface area contributed by atoms with Gasteiger partial charge in [0.15, 0.2) is 9.84 Å². The molecular formula is C37H48N8O6S2Si. The van der Waals surface area contributed by atoms with Crippen LogP contribution in [0.1, 0.15) is 28.9 Å². The van der Waals surface area contributed by atoms with Crippen LogP contribution in [0.15, 0.2) is 66.5 Å². The number of ether oxygens (including phenoxy) is 1. The Morgan fingerprint density at radius 1 is 0.981 bits per heavy atom. The fourth-order valence-corrected chi connectivity index (χ4v) is 10.5. The monoisotopic (exact) mass is 792 g/mol. The Morgan fingerprint density at radius 3 is 2.48 bits per heavy atom. The van der Waals surface area contributed by atoms with E-state index in [0.717, 1.165) is 47.6 Å². The summed E-state index contributed by atoms with van der Waals surface area (Å²) in [5.41, 5.74) is 4.31. The number of piperidine rings is 1. The molecule has 2 saturated heterocycles. The molecule has 1 aromatic carbocycles.